The van der Waals surface area contributed by atoms with E-state index in [1.165, 1.54) is 24.2 Å². The molecule has 2 bridgehead atoms. The third-order valence-corrected chi connectivity index (χ3v) is 7.21. The van der Waals surface area contributed by atoms with Crippen molar-refractivity contribution < 1.29 is 9.84 Å². The fourth-order valence-corrected chi connectivity index (χ4v) is 5.46. The molecule has 6 nitrogen and oxygen atoms in total. The SMILES string of the molecule is CN1[C@@H]2CC[C@H]1C[C@H](Oc1ccc(-n3cnc4cc(CO)sc4c3=O)cc1)C2. The van der Waals surface area contributed by atoms with Gasteiger partial charge in [-0.25, -0.2) is 4.98 Å². The molecule has 2 aromatic heterocycles. The van der Waals surface area contributed by atoms with Gasteiger partial charge in [0.2, 0.25) is 0 Å². The number of nitrogens with zero attached hydrogens (tertiary/aromatic N) is 3. The Balaban J connectivity index is 1.36. The Morgan fingerprint density at radius 2 is 1.93 bits per heavy atom. The average Bonchev–Trinajstić information content (AvgIpc) is 3.21. The molecular formula is C21H23N3O3S. The second-order valence-electron chi connectivity index (χ2n) is 7.76. The van der Waals surface area contributed by atoms with E-state index in [-0.39, 0.29) is 18.3 Å². The molecule has 0 spiro atoms. The van der Waals surface area contributed by atoms with Gasteiger partial charge in [0, 0.05) is 17.0 Å². The molecule has 0 aliphatic carbocycles. The van der Waals surface area contributed by atoms with Gasteiger partial charge in [-0.3, -0.25) is 9.36 Å². The summed E-state index contributed by atoms with van der Waals surface area (Å²) in [5.74, 6) is 0.846. The minimum Gasteiger partial charge on any atom is -0.490 e. The van der Waals surface area contributed by atoms with Crippen molar-refractivity contribution in [2.24, 2.45) is 0 Å². The number of hydrogen-bond acceptors (Lipinski definition) is 6. The van der Waals surface area contributed by atoms with Crippen molar-refractivity contribution in [3.8, 4) is 11.4 Å². The van der Waals surface area contributed by atoms with Gasteiger partial charge in [0.1, 0.15) is 22.9 Å². The quantitative estimate of drug-likeness (QED) is 0.733. The number of benzene rings is 1. The molecule has 4 heterocycles. The maximum atomic E-state index is 12.8. The lowest BCUT2D eigenvalue weighted by Gasteiger charge is -2.36. The molecule has 1 aromatic carbocycles. The summed E-state index contributed by atoms with van der Waals surface area (Å²) in [5, 5.41) is 9.29. The molecular weight excluding hydrogens is 374 g/mol. The standard InChI is InChI=1S/C21H23N3O3S/c1-23-14-2-3-15(23)9-17(8-14)27-16-6-4-13(5-7-16)24-12-22-19-10-18(11-25)28-20(19)21(24)26/h4-7,10,12,14-15,17,25H,2-3,8-9,11H2,1H3/t14-,15+,17-. The number of piperidine rings is 1. The van der Waals surface area contributed by atoms with Crippen molar-refractivity contribution in [3.63, 3.8) is 0 Å². The highest BCUT2D eigenvalue weighted by molar-refractivity contribution is 7.18. The number of rotatable bonds is 4. The summed E-state index contributed by atoms with van der Waals surface area (Å²) in [7, 11) is 2.23. The Morgan fingerprint density at radius 3 is 2.61 bits per heavy atom. The van der Waals surface area contributed by atoms with Crippen LogP contribution >= 0.6 is 11.3 Å². The van der Waals surface area contributed by atoms with Gasteiger partial charge in [0.05, 0.1) is 17.8 Å². The highest BCUT2D eigenvalue weighted by Crippen LogP contribution is 2.36. The van der Waals surface area contributed by atoms with E-state index in [0.717, 1.165) is 29.2 Å². The van der Waals surface area contributed by atoms with E-state index in [9.17, 15) is 9.90 Å². The highest BCUT2D eigenvalue weighted by Gasteiger charge is 2.39. The Kier molecular flexibility index (Phi) is 4.45. The second-order valence-corrected chi connectivity index (χ2v) is 8.90. The topological polar surface area (TPSA) is 67.6 Å². The van der Waals surface area contributed by atoms with Crippen LogP contribution in [-0.2, 0) is 6.61 Å². The number of aliphatic hydroxyl groups is 1. The highest BCUT2D eigenvalue weighted by atomic mass is 32.1. The van der Waals surface area contributed by atoms with E-state index in [4.69, 9.17) is 4.74 Å². The molecule has 3 aromatic rings. The van der Waals surface area contributed by atoms with E-state index < -0.39 is 0 Å². The van der Waals surface area contributed by atoms with Gasteiger partial charge in [-0.05, 0) is 63.1 Å². The maximum absolute atomic E-state index is 12.8. The Morgan fingerprint density at radius 1 is 1.21 bits per heavy atom. The third kappa shape index (κ3) is 3.03. The lowest BCUT2D eigenvalue weighted by molar-refractivity contribution is 0.0662. The first-order valence-corrected chi connectivity index (χ1v) is 10.5. The van der Waals surface area contributed by atoms with Crippen molar-refractivity contribution in [3.05, 3.63) is 51.9 Å². The summed E-state index contributed by atoms with van der Waals surface area (Å²) in [6, 6.07) is 10.7. The smallest absolute Gasteiger partial charge is 0.275 e. The summed E-state index contributed by atoms with van der Waals surface area (Å²) in [5.41, 5.74) is 1.27. The molecule has 1 N–H and O–H groups in total. The normalized spacial score (nSPS) is 24.7. The fraction of sp³-hybridized carbons (Fsp3) is 0.429. The summed E-state index contributed by atoms with van der Waals surface area (Å²) < 4.78 is 8.34. The first-order chi connectivity index (χ1) is 13.6. The van der Waals surface area contributed by atoms with Crippen LogP contribution in [0.3, 0.4) is 0 Å². The van der Waals surface area contributed by atoms with Crippen molar-refractivity contribution in [2.45, 2.75) is 50.5 Å². The Hall–Kier alpha value is -2.22. The lowest BCUT2D eigenvalue weighted by Crippen LogP contribution is -2.43. The molecule has 2 saturated heterocycles. The van der Waals surface area contributed by atoms with Crippen molar-refractivity contribution >= 4 is 21.6 Å². The Bertz CT molecular complexity index is 1040. The summed E-state index contributed by atoms with van der Waals surface area (Å²) in [4.78, 5) is 20.4. The molecule has 7 heteroatoms. The zero-order chi connectivity index (χ0) is 19.3. The second kappa shape index (κ2) is 6.99. The summed E-state index contributed by atoms with van der Waals surface area (Å²) in [6.07, 6.45) is 6.53. The van der Waals surface area contributed by atoms with Gasteiger partial charge in [-0.1, -0.05) is 0 Å². The number of fused-ring (bicyclic) bond motifs is 3. The maximum Gasteiger partial charge on any atom is 0.275 e. The molecule has 2 aliphatic heterocycles. The molecule has 3 atom stereocenters. The minimum atomic E-state index is -0.115. The van der Waals surface area contributed by atoms with Crippen LogP contribution < -0.4 is 10.3 Å². The van der Waals surface area contributed by atoms with E-state index in [1.807, 2.05) is 24.3 Å². The molecule has 2 fully saturated rings. The van der Waals surface area contributed by atoms with E-state index in [1.54, 1.807) is 17.0 Å². The molecule has 5 rings (SSSR count). The van der Waals surface area contributed by atoms with Gasteiger partial charge in [-0.2, -0.15) is 0 Å². The molecule has 146 valence electrons. The van der Waals surface area contributed by atoms with E-state index >= 15 is 0 Å². The summed E-state index contributed by atoms with van der Waals surface area (Å²) in [6.45, 7) is -0.0782. The van der Waals surface area contributed by atoms with Crippen LogP contribution in [0.1, 0.15) is 30.6 Å². The zero-order valence-corrected chi connectivity index (χ0v) is 16.6. The summed E-state index contributed by atoms with van der Waals surface area (Å²) >= 11 is 1.29. The van der Waals surface area contributed by atoms with Crippen LogP contribution in [0.15, 0.2) is 41.5 Å². The molecule has 0 radical (unpaired) electrons. The van der Waals surface area contributed by atoms with Crippen LogP contribution in [0.25, 0.3) is 15.9 Å². The number of ether oxygens (including phenoxy) is 1. The van der Waals surface area contributed by atoms with Gasteiger partial charge in [0.25, 0.3) is 5.56 Å². The van der Waals surface area contributed by atoms with Crippen molar-refractivity contribution in [1.29, 1.82) is 0 Å². The number of thiophene rings is 1. The predicted octanol–water partition coefficient (Wildman–Crippen LogP) is 2.94. The zero-order valence-electron chi connectivity index (χ0n) is 15.7. The fourth-order valence-electron chi connectivity index (χ4n) is 4.56. The number of aromatic nitrogens is 2. The predicted molar refractivity (Wildman–Crippen MR) is 109 cm³/mol. The van der Waals surface area contributed by atoms with Crippen molar-refractivity contribution in [2.75, 3.05) is 7.05 Å². The molecule has 0 saturated carbocycles. The Labute approximate surface area is 167 Å². The van der Waals surface area contributed by atoms with Gasteiger partial charge >= 0.3 is 0 Å². The third-order valence-electron chi connectivity index (χ3n) is 6.12. The number of hydrogen-bond donors (Lipinski definition) is 1. The average molecular weight is 398 g/mol. The molecule has 28 heavy (non-hydrogen) atoms. The largest absolute Gasteiger partial charge is 0.490 e. The van der Waals surface area contributed by atoms with Crippen LogP contribution in [-0.4, -0.2) is 44.8 Å². The molecule has 0 amide bonds. The van der Waals surface area contributed by atoms with Crippen LogP contribution in [0.5, 0.6) is 5.75 Å². The van der Waals surface area contributed by atoms with Crippen LogP contribution in [0.2, 0.25) is 0 Å². The van der Waals surface area contributed by atoms with Gasteiger partial charge in [0.15, 0.2) is 0 Å². The lowest BCUT2D eigenvalue weighted by atomic mass is 10.0. The van der Waals surface area contributed by atoms with Gasteiger partial charge < -0.3 is 14.7 Å². The molecule has 2 aliphatic rings. The van der Waals surface area contributed by atoms with Crippen LogP contribution in [0, 0.1) is 0 Å². The van der Waals surface area contributed by atoms with E-state index in [0.29, 0.717) is 22.3 Å². The van der Waals surface area contributed by atoms with Crippen molar-refractivity contribution in [1.82, 2.24) is 14.5 Å². The van der Waals surface area contributed by atoms with Crippen LogP contribution in [0.4, 0.5) is 0 Å². The monoisotopic (exact) mass is 397 g/mol. The van der Waals surface area contributed by atoms with Gasteiger partial charge in [-0.15, -0.1) is 11.3 Å². The first-order valence-electron chi connectivity index (χ1n) is 9.72. The van der Waals surface area contributed by atoms with E-state index in [2.05, 4.69) is 16.9 Å². The molecule has 0 unspecified atom stereocenters. The number of aliphatic hydroxyl groups excluding tert-OH is 1. The minimum absolute atomic E-state index is 0.0782. The first kappa shape index (κ1) is 17.8.